The zero-order chi connectivity index (χ0) is 27.1. The largest absolute Gasteiger partial charge is 0.330 e. The van der Waals surface area contributed by atoms with Crippen LogP contribution in [0.5, 0.6) is 0 Å². The van der Waals surface area contributed by atoms with Crippen molar-refractivity contribution in [3.05, 3.63) is 140 Å². The Morgan fingerprint density at radius 2 is 0.951 bits per heavy atom. The van der Waals surface area contributed by atoms with Gasteiger partial charge in [0, 0.05) is 23.4 Å². The highest BCUT2D eigenvalue weighted by Gasteiger charge is 2.19. The SMILES string of the molecule is Cn1c(-c2ccc3ccc4c(-c5ccccc5)ccc5ccc2c3c54)ccc1-n1c2ccccc2c2ccccc21. The third kappa shape index (κ3) is 3.07. The van der Waals surface area contributed by atoms with E-state index in [-0.39, 0.29) is 0 Å². The molecule has 2 nitrogen and oxygen atoms in total. The van der Waals surface area contributed by atoms with E-state index in [0.29, 0.717) is 0 Å². The lowest BCUT2D eigenvalue weighted by Gasteiger charge is -2.17. The molecule has 0 aliphatic rings. The summed E-state index contributed by atoms with van der Waals surface area (Å²) in [6.07, 6.45) is 0. The van der Waals surface area contributed by atoms with E-state index in [0.717, 1.165) is 5.82 Å². The molecule has 192 valence electrons. The lowest BCUT2D eigenvalue weighted by molar-refractivity contribution is 0.878. The van der Waals surface area contributed by atoms with Crippen LogP contribution in [0.2, 0.25) is 0 Å². The number of aromatic nitrogens is 2. The van der Waals surface area contributed by atoms with E-state index < -0.39 is 0 Å². The Balaban J connectivity index is 1.31. The van der Waals surface area contributed by atoms with Crippen LogP contribution in [-0.2, 0) is 7.05 Å². The first kappa shape index (κ1) is 22.5. The van der Waals surface area contributed by atoms with Crippen molar-refractivity contribution in [1.29, 1.82) is 0 Å². The molecule has 0 unspecified atom stereocenters. The van der Waals surface area contributed by atoms with Crippen molar-refractivity contribution in [2.45, 2.75) is 0 Å². The number of nitrogens with zero attached hydrogens (tertiary/aromatic N) is 2. The topological polar surface area (TPSA) is 9.86 Å². The van der Waals surface area contributed by atoms with Crippen molar-refractivity contribution >= 4 is 54.1 Å². The summed E-state index contributed by atoms with van der Waals surface area (Å²) in [7, 11) is 2.19. The molecule has 0 N–H and O–H groups in total. The molecule has 0 atom stereocenters. The van der Waals surface area contributed by atoms with E-state index in [1.807, 2.05) is 0 Å². The second-order valence-corrected chi connectivity index (χ2v) is 11.0. The maximum atomic E-state index is 2.40. The van der Waals surface area contributed by atoms with Crippen molar-refractivity contribution in [3.63, 3.8) is 0 Å². The Kier molecular flexibility index (Phi) is 4.57. The van der Waals surface area contributed by atoms with Gasteiger partial charge in [-0.05, 0) is 67.7 Å². The summed E-state index contributed by atoms with van der Waals surface area (Å²) in [5.41, 5.74) is 7.46. The minimum absolute atomic E-state index is 1.16. The monoisotopic (exact) mass is 522 g/mol. The highest BCUT2D eigenvalue weighted by molar-refractivity contribution is 6.27. The van der Waals surface area contributed by atoms with E-state index >= 15 is 0 Å². The maximum absolute atomic E-state index is 2.40. The van der Waals surface area contributed by atoms with Crippen molar-refractivity contribution in [1.82, 2.24) is 9.13 Å². The standard InChI is InChI=1S/C39H26N2/c1-40-34(23-24-37(40)41-35-13-7-5-11-29(35)30-12-6-8-14-36(30)41)31-20-16-27-17-21-32-28(25-9-3-2-4-10-25)19-15-26-18-22-33(31)39(27)38(26)32/h2-24H,1H3. The van der Waals surface area contributed by atoms with Crippen LogP contribution in [0, 0.1) is 0 Å². The molecule has 0 saturated carbocycles. The third-order valence-electron chi connectivity index (χ3n) is 8.93. The van der Waals surface area contributed by atoms with Gasteiger partial charge in [0.1, 0.15) is 5.82 Å². The summed E-state index contributed by atoms with van der Waals surface area (Å²) in [5.74, 6) is 1.16. The minimum Gasteiger partial charge on any atom is -0.330 e. The number of para-hydroxylation sites is 2. The number of benzene rings is 7. The third-order valence-corrected chi connectivity index (χ3v) is 8.93. The number of rotatable bonds is 3. The normalized spacial score (nSPS) is 12.0. The maximum Gasteiger partial charge on any atom is 0.117 e. The van der Waals surface area contributed by atoms with E-state index in [1.54, 1.807) is 0 Å². The zero-order valence-corrected chi connectivity index (χ0v) is 22.7. The summed E-state index contributed by atoms with van der Waals surface area (Å²) in [5, 5.41) is 10.4. The molecule has 2 heterocycles. The molecule has 7 aromatic carbocycles. The van der Waals surface area contributed by atoms with Crippen LogP contribution < -0.4 is 0 Å². The minimum atomic E-state index is 1.16. The molecule has 0 radical (unpaired) electrons. The van der Waals surface area contributed by atoms with Crippen LogP contribution >= 0.6 is 0 Å². The fourth-order valence-corrected chi connectivity index (χ4v) is 7.06. The number of hydrogen-bond acceptors (Lipinski definition) is 0. The molecule has 0 saturated heterocycles. The first-order valence-corrected chi connectivity index (χ1v) is 14.2. The van der Waals surface area contributed by atoms with Gasteiger partial charge in [-0.3, -0.25) is 4.57 Å². The highest BCUT2D eigenvalue weighted by Crippen LogP contribution is 2.43. The van der Waals surface area contributed by atoms with Crippen molar-refractivity contribution in [2.75, 3.05) is 0 Å². The Morgan fingerprint density at radius 1 is 0.415 bits per heavy atom. The quantitative estimate of drug-likeness (QED) is 0.204. The number of hydrogen-bond donors (Lipinski definition) is 0. The second kappa shape index (κ2) is 8.33. The van der Waals surface area contributed by atoms with Gasteiger partial charge in [-0.15, -0.1) is 0 Å². The van der Waals surface area contributed by atoms with Gasteiger partial charge in [0.2, 0.25) is 0 Å². The molecule has 2 heteroatoms. The molecule has 0 bridgehead atoms. The second-order valence-electron chi connectivity index (χ2n) is 11.0. The molecule has 0 aliphatic carbocycles. The van der Waals surface area contributed by atoms with Gasteiger partial charge in [0.05, 0.1) is 16.7 Å². The summed E-state index contributed by atoms with van der Waals surface area (Å²) in [4.78, 5) is 0. The van der Waals surface area contributed by atoms with Crippen LogP contribution in [0.15, 0.2) is 140 Å². The Bertz CT molecular complexity index is 2370. The van der Waals surface area contributed by atoms with Gasteiger partial charge in [-0.2, -0.15) is 0 Å². The first-order valence-electron chi connectivity index (χ1n) is 14.2. The van der Waals surface area contributed by atoms with Crippen molar-refractivity contribution < 1.29 is 0 Å². The molecule has 41 heavy (non-hydrogen) atoms. The van der Waals surface area contributed by atoms with Crippen molar-refractivity contribution in [2.24, 2.45) is 7.05 Å². The molecular formula is C39H26N2. The van der Waals surface area contributed by atoms with E-state index in [4.69, 9.17) is 0 Å². The summed E-state index contributed by atoms with van der Waals surface area (Å²) < 4.78 is 4.75. The van der Waals surface area contributed by atoms with E-state index in [2.05, 4.69) is 156 Å². The van der Waals surface area contributed by atoms with Crippen LogP contribution in [0.1, 0.15) is 0 Å². The lowest BCUT2D eigenvalue weighted by Crippen LogP contribution is -2.03. The average molecular weight is 523 g/mol. The van der Waals surface area contributed by atoms with Gasteiger partial charge in [-0.25, -0.2) is 0 Å². The number of fused-ring (bicyclic) bond motifs is 3. The van der Waals surface area contributed by atoms with Gasteiger partial charge in [0.25, 0.3) is 0 Å². The summed E-state index contributed by atoms with van der Waals surface area (Å²) in [6, 6.07) is 51.0. The average Bonchev–Trinajstić information content (AvgIpc) is 3.57. The van der Waals surface area contributed by atoms with Gasteiger partial charge >= 0.3 is 0 Å². The Hall–Kier alpha value is -5.34. The van der Waals surface area contributed by atoms with Crippen molar-refractivity contribution in [3.8, 4) is 28.2 Å². The molecule has 0 fully saturated rings. The molecule has 0 spiro atoms. The fraction of sp³-hybridized carbons (Fsp3) is 0.0256. The van der Waals surface area contributed by atoms with Gasteiger partial charge in [-0.1, -0.05) is 115 Å². The van der Waals surface area contributed by atoms with E-state index in [1.165, 1.54) is 76.5 Å². The predicted molar refractivity (Wildman–Crippen MR) is 174 cm³/mol. The van der Waals surface area contributed by atoms with E-state index in [9.17, 15) is 0 Å². The lowest BCUT2D eigenvalue weighted by atomic mass is 9.88. The van der Waals surface area contributed by atoms with Crippen LogP contribution in [0.4, 0.5) is 0 Å². The molecule has 0 aliphatic heterocycles. The Morgan fingerprint density at radius 3 is 1.61 bits per heavy atom. The Labute approximate surface area is 237 Å². The smallest absolute Gasteiger partial charge is 0.117 e. The molecule has 9 rings (SSSR count). The van der Waals surface area contributed by atoms with Crippen LogP contribution in [0.3, 0.4) is 0 Å². The zero-order valence-electron chi connectivity index (χ0n) is 22.7. The van der Waals surface area contributed by atoms with Crippen LogP contribution in [0.25, 0.3) is 82.3 Å². The van der Waals surface area contributed by atoms with Crippen LogP contribution in [-0.4, -0.2) is 9.13 Å². The predicted octanol–water partition coefficient (Wildman–Crippen LogP) is 10.4. The summed E-state index contributed by atoms with van der Waals surface area (Å²) in [6.45, 7) is 0. The van der Waals surface area contributed by atoms with Gasteiger partial charge < -0.3 is 4.57 Å². The molecule has 2 aromatic heterocycles. The molecular weight excluding hydrogens is 496 g/mol. The molecule has 9 aromatic rings. The fourth-order valence-electron chi connectivity index (χ4n) is 7.06. The van der Waals surface area contributed by atoms with Gasteiger partial charge in [0.15, 0.2) is 0 Å². The highest BCUT2D eigenvalue weighted by atomic mass is 15.1. The molecule has 0 amide bonds. The first-order chi connectivity index (χ1) is 20.3. The summed E-state index contributed by atoms with van der Waals surface area (Å²) >= 11 is 0.